The number of aromatic amines is 1. The number of carbonyl (C=O) groups excluding carboxylic acids is 1. The van der Waals surface area contributed by atoms with Gasteiger partial charge in [0.05, 0.1) is 17.9 Å². The van der Waals surface area contributed by atoms with Crippen LogP contribution in [0, 0.1) is 0 Å². The third-order valence-corrected chi connectivity index (χ3v) is 5.11. The number of thioether (sulfide) groups is 1. The normalized spacial score (nSPS) is 12.0. The number of benzene rings is 2. The van der Waals surface area contributed by atoms with Crippen LogP contribution >= 0.6 is 35.0 Å². The van der Waals surface area contributed by atoms with Crippen molar-refractivity contribution in [3.8, 4) is 17.1 Å². The van der Waals surface area contributed by atoms with E-state index < -0.39 is 0 Å². The van der Waals surface area contributed by atoms with Crippen molar-refractivity contribution in [1.82, 2.24) is 15.2 Å². The minimum atomic E-state index is -0.346. The summed E-state index contributed by atoms with van der Waals surface area (Å²) < 4.78 is 5.33. The summed E-state index contributed by atoms with van der Waals surface area (Å²) in [4.78, 5) is 17.0. The van der Waals surface area contributed by atoms with Crippen LogP contribution in [-0.4, -0.2) is 33.3 Å². The number of ether oxygens (including phenoxy) is 1. The van der Waals surface area contributed by atoms with Gasteiger partial charge in [-0.25, -0.2) is 4.98 Å². The Labute approximate surface area is 165 Å². The molecule has 5 nitrogen and oxygen atoms in total. The first-order valence-corrected chi connectivity index (χ1v) is 9.34. The Hall–Kier alpha value is -2.02. The van der Waals surface area contributed by atoms with Crippen LogP contribution in [0.2, 0.25) is 10.0 Å². The summed E-state index contributed by atoms with van der Waals surface area (Å²) >= 11 is 13.2. The predicted octanol–water partition coefficient (Wildman–Crippen LogP) is 5.15. The second kappa shape index (κ2) is 8.12. The molecule has 0 radical (unpaired) electrons. The Morgan fingerprint density at radius 2 is 1.85 bits per heavy atom. The molecule has 0 fully saturated rings. The molecule has 26 heavy (non-hydrogen) atoms. The Bertz CT molecular complexity index is 928. The third kappa shape index (κ3) is 4.20. The number of hydrogen-bond acceptors (Lipinski definition) is 5. The maximum atomic E-state index is 12.5. The fourth-order valence-electron chi connectivity index (χ4n) is 2.35. The number of H-pyrrole nitrogens is 1. The van der Waals surface area contributed by atoms with Gasteiger partial charge in [0.25, 0.3) is 0 Å². The van der Waals surface area contributed by atoms with Crippen LogP contribution in [0.15, 0.2) is 47.6 Å². The second-order valence-electron chi connectivity index (χ2n) is 5.44. The lowest BCUT2D eigenvalue weighted by Gasteiger charge is -2.08. The zero-order valence-corrected chi connectivity index (χ0v) is 16.3. The van der Waals surface area contributed by atoms with Gasteiger partial charge in [-0.3, -0.25) is 9.89 Å². The fraction of sp³-hybridized carbons (Fsp3) is 0.167. The highest BCUT2D eigenvalue weighted by molar-refractivity contribution is 8.00. The molecule has 1 aromatic heterocycles. The number of hydrogen-bond donors (Lipinski definition) is 1. The molecule has 0 bridgehead atoms. The van der Waals surface area contributed by atoms with Gasteiger partial charge >= 0.3 is 0 Å². The molecule has 0 amide bonds. The first kappa shape index (κ1) is 18.8. The Balaban J connectivity index is 1.77. The Kier molecular flexibility index (Phi) is 5.86. The van der Waals surface area contributed by atoms with Crippen LogP contribution in [0.3, 0.4) is 0 Å². The molecular weight excluding hydrogens is 393 g/mol. The van der Waals surface area contributed by atoms with Gasteiger partial charge in [-0.15, -0.1) is 5.10 Å². The van der Waals surface area contributed by atoms with Gasteiger partial charge in [-0.05, 0) is 49.4 Å². The largest absolute Gasteiger partial charge is 0.496 e. The smallest absolute Gasteiger partial charge is 0.209 e. The lowest BCUT2D eigenvalue weighted by Crippen LogP contribution is -2.13. The van der Waals surface area contributed by atoms with Crippen molar-refractivity contribution in [3.63, 3.8) is 0 Å². The van der Waals surface area contributed by atoms with Gasteiger partial charge in [-0.1, -0.05) is 35.0 Å². The molecule has 1 unspecified atom stereocenters. The van der Waals surface area contributed by atoms with Crippen molar-refractivity contribution in [2.24, 2.45) is 0 Å². The number of aromatic nitrogens is 3. The number of carbonyl (C=O) groups is 1. The summed E-state index contributed by atoms with van der Waals surface area (Å²) in [6.45, 7) is 1.82. The summed E-state index contributed by atoms with van der Waals surface area (Å²) in [5, 5.41) is 8.33. The molecular formula is C18H15Cl2N3O2S. The molecule has 2 aromatic carbocycles. The summed E-state index contributed by atoms with van der Waals surface area (Å²) in [7, 11) is 1.58. The van der Waals surface area contributed by atoms with E-state index in [0.29, 0.717) is 37.9 Å². The Morgan fingerprint density at radius 1 is 1.15 bits per heavy atom. The van der Waals surface area contributed by atoms with E-state index in [2.05, 4.69) is 15.2 Å². The van der Waals surface area contributed by atoms with Crippen molar-refractivity contribution in [2.45, 2.75) is 17.3 Å². The van der Waals surface area contributed by atoms with E-state index in [4.69, 9.17) is 27.9 Å². The number of nitrogens with one attached hydrogen (secondary N) is 1. The molecule has 0 saturated heterocycles. The number of nitrogens with zero attached hydrogens (tertiary/aromatic N) is 2. The van der Waals surface area contributed by atoms with Crippen molar-refractivity contribution in [1.29, 1.82) is 0 Å². The quantitative estimate of drug-likeness (QED) is 0.451. The molecule has 8 heteroatoms. The topological polar surface area (TPSA) is 67.9 Å². The molecule has 134 valence electrons. The average molecular weight is 408 g/mol. The Morgan fingerprint density at radius 3 is 2.54 bits per heavy atom. The molecule has 0 spiro atoms. The van der Waals surface area contributed by atoms with Crippen LogP contribution in [0.4, 0.5) is 0 Å². The molecule has 3 rings (SSSR count). The fourth-order valence-corrected chi connectivity index (χ4v) is 3.45. The molecule has 1 atom stereocenters. The van der Waals surface area contributed by atoms with Crippen molar-refractivity contribution < 1.29 is 9.53 Å². The van der Waals surface area contributed by atoms with E-state index in [9.17, 15) is 4.79 Å². The number of methoxy groups -OCH3 is 1. The molecule has 3 aromatic rings. The van der Waals surface area contributed by atoms with Gasteiger partial charge in [-0.2, -0.15) is 0 Å². The molecule has 1 heterocycles. The first-order chi connectivity index (χ1) is 12.5. The molecule has 0 aliphatic rings. The van der Waals surface area contributed by atoms with Gasteiger partial charge in [0.2, 0.25) is 5.16 Å². The van der Waals surface area contributed by atoms with Crippen molar-refractivity contribution >= 4 is 40.7 Å². The van der Waals surface area contributed by atoms with E-state index in [1.807, 2.05) is 6.92 Å². The maximum absolute atomic E-state index is 12.5. The zero-order valence-electron chi connectivity index (χ0n) is 14.0. The summed E-state index contributed by atoms with van der Waals surface area (Å²) in [5.41, 5.74) is 1.30. The van der Waals surface area contributed by atoms with Crippen LogP contribution in [0.25, 0.3) is 11.4 Å². The van der Waals surface area contributed by atoms with E-state index in [-0.39, 0.29) is 11.0 Å². The van der Waals surface area contributed by atoms with Crippen LogP contribution in [0.5, 0.6) is 5.75 Å². The van der Waals surface area contributed by atoms with Crippen LogP contribution in [-0.2, 0) is 0 Å². The highest BCUT2D eigenvalue weighted by Gasteiger charge is 2.20. The second-order valence-corrected chi connectivity index (χ2v) is 7.62. The number of halogens is 2. The summed E-state index contributed by atoms with van der Waals surface area (Å²) in [5.74, 6) is 1.14. The van der Waals surface area contributed by atoms with Gasteiger partial charge in [0.15, 0.2) is 11.6 Å². The molecule has 0 aliphatic heterocycles. The van der Waals surface area contributed by atoms with Crippen LogP contribution < -0.4 is 4.74 Å². The number of Topliss-reactive ketones (excluding diaryl/α,β-unsaturated/α-hetero) is 1. The molecule has 0 saturated carbocycles. The van der Waals surface area contributed by atoms with E-state index >= 15 is 0 Å². The monoisotopic (exact) mass is 407 g/mol. The van der Waals surface area contributed by atoms with E-state index in [1.165, 1.54) is 11.8 Å². The maximum Gasteiger partial charge on any atom is 0.209 e. The summed E-state index contributed by atoms with van der Waals surface area (Å²) in [6, 6.07) is 12.1. The van der Waals surface area contributed by atoms with Gasteiger partial charge < -0.3 is 4.74 Å². The summed E-state index contributed by atoms with van der Waals surface area (Å²) in [6.07, 6.45) is 0. The lowest BCUT2D eigenvalue weighted by atomic mass is 10.1. The number of ketones is 1. The van der Waals surface area contributed by atoms with E-state index in [0.717, 1.165) is 0 Å². The predicted molar refractivity (Wildman–Crippen MR) is 104 cm³/mol. The van der Waals surface area contributed by atoms with E-state index in [1.54, 1.807) is 49.6 Å². The average Bonchev–Trinajstić information content (AvgIpc) is 3.10. The zero-order chi connectivity index (χ0) is 18.7. The van der Waals surface area contributed by atoms with Crippen molar-refractivity contribution in [2.75, 3.05) is 7.11 Å². The lowest BCUT2D eigenvalue weighted by molar-refractivity contribution is 0.0994. The van der Waals surface area contributed by atoms with Crippen molar-refractivity contribution in [3.05, 3.63) is 58.1 Å². The molecule has 0 aliphatic carbocycles. The first-order valence-electron chi connectivity index (χ1n) is 7.70. The van der Waals surface area contributed by atoms with Gasteiger partial charge in [0, 0.05) is 15.6 Å². The third-order valence-electron chi connectivity index (χ3n) is 3.66. The van der Waals surface area contributed by atoms with Crippen LogP contribution in [0.1, 0.15) is 17.3 Å². The standard InChI is InChI=1S/C18H15Cl2N3O2S/c1-10(16(24)11-3-5-12(19)6-4-11)26-18-21-17(22-23-18)14-9-13(20)7-8-15(14)25-2/h3-10H,1-2H3,(H,21,22,23). The molecule has 1 N–H and O–H groups in total. The SMILES string of the molecule is COc1ccc(Cl)cc1-c1nc(SC(C)C(=O)c2ccc(Cl)cc2)n[nH]1. The minimum absolute atomic E-state index is 0.0154. The highest BCUT2D eigenvalue weighted by Crippen LogP contribution is 2.32. The highest BCUT2D eigenvalue weighted by atomic mass is 35.5. The van der Waals surface area contributed by atoms with Gasteiger partial charge in [0.1, 0.15) is 5.75 Å². The minimum Gasteiger partial charge on any atom is -0.496 e. The number of rotatable bonds is 6.